The van der Waals surface area contributed by atoms with Gasteiger partial charge in [-0.3, -0.25) is 9.59 Å². The Morgan fingerprint density at radius 3 is 2.31 bits per heavy atom. The summed E-state index contributed by atoms with van der Waals surface area (Å²) in [4.78, 5) is 30.0. The Kier molecular flexibility index (Phi) is 10.9. The van der Waals surface area contributed by atoms with E-state index in [-0.39, 0.29) is 11.8 Å². The molecule has 3 rings (SSSR count). The Hall–Kier alpha value is -2.76. The van der Waals surface area contributed by atoms with Crippen LogP contribution in [0.2, 0.25) is 5.02 Å². The molecule has 3 aromatic rings. The van der Waals surface area contributed by atoms with E-state index in [0.717, 1.165) is 16.0 Å². The Balaban J connectivity index is 1.83. The van der Waals surface area contributed by atoms with Gasteiger partial charge < -0.3 is 10.2 Å². The molecule has 0 saturated carbocycles. The number of aryl methyl sites for hydroxylation is 1. The van der Waals surface area contributed by atoms with Crippen LogP contribution >= 0.6 is 23.4 Å². The number of thioether (sulfide) groups is 1. The monoisotopic (exact) mass is 522 g/mol. The van der Waals surface area contributed by atoms with Crippen molar-refractivity contribution < 1.29 is 9.59 Å². The summed E-state index contributed by atoms with van der Waals surface area (Å²) in [6.45, 7) is 7.06. The van der Waals surface area contributed by atoms with Crippen LogP contribution in [-0.2, 0) is 22.6 Å². The second-order valence-electron chi connectivity index (χ2n) is 9.41. The highest BCUT2D eigenvalue weighted by atomic mass is 35.5. The van der Waals surface area contributed by atoms with Crippen LogP contribution in [0.25, 0.3) is 0 Å². The molecule has 2 amide bonds. The molecule has 6 heteroatoms. The van der Waals surface area contributed by atoms with Crippen LogP contribution < -0.4 is 5.32 Å². The van der Waals surface area contributed by atoms with Crippen LogP contribution in [0.3, 0.4) is 0 Å². The molecule has 0 aliphatic rings. The van der Waals surface area contributed by atoms with E-state index in [1.807, 2.05) is 54.6 Å². The average Bonchev–Trinajstić information content (AvgIpc) is 2.86. The molecule has 36 heavy (non-hydrogen) atoms. The highest BCUT2D eigenvalue weighted by molar-refractivity contribution is 7.99. The van der Waals surface area contributed by atoms with Gasteiger partial charge in [0.1, 0.15) is 6.04 Å². The summed E-state index contributed by atoms with van der Waals surface area (Å²) in [5, 5.41) is 3.67. The van der Waals surface area contributed by atoms with Crippen LogP contribution in [0, 0.1) is 12.8 Å². The maximum absolute atomic E-state index is 13.7. The zero-order valence-electron chi connectivity index (χ0n) is 21.2. The number of amides is 2. The van der Waals surface area contributed by atoms with Gasteiger partial charge in [-0.05, 0) is 48.2 Å². The molecule has 0 aliphatic heterocycles. The molecule has 0 aliphatic carbocycles. The first-order valence-electron chi connectivity index (χ1n) is 12.4. The van der Waals surface area contributed by atoms with Crippen LogP contribution in [0.1, 0.15) is 37.0 Å². The molecule has 1 N–H and O–H groups in total. The van der Waals surface area contributed by atoms with Gasteiger partial charge in [-0.1, -0.05) is 85.6 Å². The van der Waals surface area contributed by atoms with Crippen LogP contribution in [-0.4, -0.2) is 35.1 Å². The Morgan fingerprint density at radius 2 is 1.64 bits per heavy atom. The van der Waals surface area contributed by atoms with E-state index in [4.69, 9.17) is 11.6 Å². The Morgan fingerprint density at radius 1 is 0.944 bits per heavy atom. The van der Waals surface area contributed by atoms with Gasteiger partial charge in [-0.2, -0.15) is 0 Å². The molecular weight excluding hydrogens is 488 g/mol. The normalized spacial score (nSPS) is 11.8. The fourth-order valence-corrected chi connectivity index (χ4v) is 4.90. The SMILES string of the molecule is Cc1ccc(SCCC(=O)N(Cc2cccc(Cl)c2)[C@@H](Cc2ccccc2)C(=O)NCC(C)C)cc1. The largest absolute Gasteiger partial charge is 0.354 e. The minimum atomic E-state index is -0.623. The quantitative estimate of drug-likeness (QED) is 0.275. The zero-order chi connectivity index (χ0) is 25.9. The fraction of sp³-hybridized carbons (Fsp3) is 0.333. The summed E-state index contributed by atoms with van der Waals surface area (Å²) in [5.74, 6) is 0.776. The topological polar surface area (TPSA) is 49.4 Å². The number of rotatable bonds is 12. The number of carbonyl (C=O) groups is 2. The third-order valence-electron chi connectivity index (χ3n) is 5.80. The van der Waals surface area contributed by atoms with Crippen LogP contribution in [0.15, 0.2) is 83.8 Å². The van der Waals surface area contributed by atoms with Gasteiger partial charge in [0.15, 0.2) is 0 Å². The maximum atomic E-state index is 13.7. The van der Waals surface area contributed by atoms with Crippen molar-refractivity contribution in [2.75, 3.05) is 12.3 Å². The van der Waals surface area contributed by atoms with Gasteiger partial charge >= 0.3 is 0 Å². The van der Waals surface area contributed by atoms with Crippen molar-refractivity contribution >= 4 is 35.2 Å². The highest BCUT2D eigenvalue weighted by Gasteiger charge is 2.30. The number of benzene rings is 3. The van der Waals surface area contributed by atoms with E-state index in [0.29, 0.717) is 42.6 Å². The van der Waals surface area contributed by atoms with E-state index in [9.17, 15) is 9.59 Å². The molecule has 0 fully saturated rings. The minimum absolute atomic E-state index is 0.0461. The molecule has 0 heterocycles. The van der Waals surface area contributed by atoms with Crippen LogP contribution in [0.4, 0.5) is 0 Å². The standard InChI is InChI=1S/C30H35ClN2O2S/c1-22(2)20-32-30(35)28(19-24-8-5-4-6-9-24)33(21-25-10-7-11-26(31)18-25)29(34)16-17-36-27-14-12-23(3)13-15-27/h4-15,18,22,28H,16-17,19-21H2,1-3H3,(H,32,35)/t28-/m0/s1. The van der Waals surface area contributed by atoms with Crippen molar-refractivity contribution in [3.05, 3.63) is 101 Å². The molecule has 0 aromatic heterocycles. The summed E-state index contributed by atoms with van der Waals surface area (Å²) < 4.78 is 0. The first-order chi connectivity index (χ1) is 17.3. The van der Waals surface area contributed by atoms with Crippen molar-refractivity contribution in [2.45, 2.75) is 51.1 Å². The van der Waals surface area contributed by atoms with Crippen LogP contribution in [0.5, 0.6) is 0 Å². The third kappa shape index (κ3) is 9.03. The van der Waals surface area contributed by atoms with Gasteiger partial charge in [0.05, 0.1) is 0 Å². The number of halogens is 1. The zero-order valence-corrected chi connectivity index (χ0v) is 22.8. The first-order valence-corrected chi connectivity index (χ1v) is 13.7. The van der Waals surface area contributed by atoms with Gasteiger partial charge in [0.25, 0.3) is 0 Å². The second-order valence-corrected chi connectivity index (χ2v) is 11.0. The lowest BCUT2D eigenvalue weighted by Gasteiger charge is -2.32. The average molecular weight is 523 g/mol. The molecule has 1 atom stereocenters. The predicted molar refractivity (Wildman–Crippen MR) is 150 cm³/mol. The molecule has 0 radical (unpaired) electrons. The molecule has 190 valence electrons. The minimum Gasteiger partial charge on any atom is -0.354 e. The molecule has 3 aromatic carbocycles. The molecule has 0 unspecified atom stereocenters. The van der Waals surface area contributed by atoms with Crippen molar-refractivity contribution in [1.29, 1.82) is 0 Å². The van der Waals surface area contributed by atoms with Gasteiger partial charge in [0.2, 0.25) is 11.8 Å². The highest BCUT2D eigenvalue weighted by Crippen LogP contribution is 2.22. The number of hydrogen-bond acceptors (Lipinski definition) is 3. The molecule has 0 saturated heterocycles. The fourth-order valence-electron chi connectivity index (χ4n) is 3.84. The Labute approximate surface area is 224 Å². The third-order valence-corrected chi connectivity index (χ3v) is 7.05. The van der Waals surface area contributed by atoms with E-state index in [1.165, 1.54) is 5.56 Å². The van der Waals surface area contributed by atoms with E-state index < -0.39 is 6.04 Å². The molecular formula is C30H35ClN2O2S. The van der Waals surface area contributed by atoms with E-state index in [1.54, 1.807) is 16.7 Å². The number of hydrogen-bond donors (Lipinski definition) is 1. The molecule has 0 bridgehead atoms. The molecule has 0 spiro atoms. The van der Waals surface area contributed by atoms with Gasteiger partial charge in [-0.25, -0.2) is 0 Å². The Bertz CT molecular complexity index is 1120. The van der Waals surface area contributed by atoms with E-state index >= 15 is 0 Å². The predicted octanol–water partition coefficient (Wildman–Crippen LogP) is 6.54. The summed E-state index contributed by atoms with van der Waals surface area (Å²) in [6.07, 6.45) is 0.782. The summed E-state index contributed by atoms with van der Waals surface area (Å²) in [5.41, 5.74) is 3.12. The summed E-state index contributed by atoms with van der Waals surface area (Å²) >= 11 is 7.89. The number of nitrogens with one attached hydrogen (secondary N) is 1. The first kappa shape index (κ1) is 27.8. The summed E-state index contributed by atoms with van der Waals surface area (Å²) in [6, 6.07) is 25.0. The number of carbonyl (C=O) groups excluding carboxylic acids is 2. The van der Waals surface area contributed by atoms with Gasteiger partial charge in [-0.15, -0.1) is 11.8 Å². The number of nitrogens with zero attached hydrogens (tertiary/aromatic N) is 1. The van der Waals surface area contributed by atoms with Crippen molar-refractivity contribution in [2.24, 2.45) is 5.92 Å². The van der Waals surface area contributed by atoms with Crippen molar-refractivity contribution in [3.63, 3.8) is 0 Å². The lowest BCUT2D eigenvalue weighted by atomic mass is 10.0. The lowest BCUT2D eigenvalue weighted by molar-refractivity contribution is -0.141. The van der Waals surface area contributed by atoms with Crippen molar-refractivity contribution in [1.82, 2.24) is 10.2 Å². The second kappa shape index (κ2) is 14.1. The lowest BCUT2D eigenvalue weighted by Crippen LogP contribution is -2.51. The van der Waals surface area contributed by atoms with Gasteiger partial charge in [0, 0.05) is 41.6 Å². The van der Waals surface area contributed by atoms with Crippen molar-refractivity contribution in [3.8, 4) is 0 Å². The molecule has 4 nitrogen and oxygen atoms in total. The smallest absolute Gasteiger partial charge is 0.243 e. The summed E-state index contributed by atoms with van der Waals surface area (Å²) in [7, 11) is 0. The van der Waals surface area contributed by atoms with E-state index in [2.05, 4.69) is 50.4 Å². The maximum Gasteiger partial charge on any atom is 0.243 e.